The van der Waals surface area contributed by atoms with Gasteiger partial charge in [-0.1, -0.05) is 12.7 Å². The first kappa shape index (κ1) is 7.89. The Bertz CT molecular complexity index is 274. The molecule has 4 heteroatoms. The van der Waals surface area contributed by atoms with Gasteiger partial charge in [0.05, 0.1) is 0 Å². The molecule has 2 unspecified atom stereocenters. The van der Waals surface area contributed by atoms with Crippen LogP contribution in [0.4, 0.5) is 0 Å². The second-order valence-electron chi connectivity index (χ2n) is 2.88. The van der Waals surface area contributed by atoms with Crippen molar-refractivity contribution in [2.75, 3.05) is 5.75 Å². The maximum atomic E-state index is 11.2. The molecule has 2 aliphatic rings. The monoisotopic (exact) mass is 182 g/mol. The Hall–Kier alpha value is -0.740. The molecule has 2 N–H and O–H groups in total. The molecule has 1 amide bonds. The highest BCUT2D eigenvalue weighted by atomic mass is 32.2. The third kappa shape index (κ3) is 0.916. The van der Waals surface area contributed by atoms with E-state index in [1.807, 2.05) is 6.20 Å². The Morgan fingerprint density at radius 3 is 3.25 bits per heavy atom. The summed E-state index contributed by atoms with van der Waals surface area (Å²) in [6, 6.07) is -0.294. The topological polar surface area (TPSA) is 46.3 Å². The van der Waals surface area contributed by atoms with E-state index in [4.69, 9.17) is 5.73 Å². The molecule has 0 saturated carbocycles. The molecule has 0 aliphatic carbocycles. The van der Waals surface area contributed by atoms with Crippen LogP contribution in [-0.4, -0.2) is 28.0 Å². The maximum absolute atomic E-state index is 11.2. The molecule has 0 aromatic carbocycles. The van der Waals surface area contributed by atoms with E-state index in [-0.39, 0.29) is 17.3 Å². The summed E-state index contributed by atoms with van der Waals surface area (Å²) in [5.41, 5.74) is 6.69. The Balaban J connectivity index is 2.20. The number of nitrogens with two attached hydrogens (primary N) is 1. The molecular weight excluding hydrogens is 172 g/mol. The Morgan fingerprint density at radius 1 is 1.83 bits per heavy atom. The SMILES string of the molecule is C=CC1=CN2C(=O)C(N)C2SC1. The molecule has 0 aromatic rings. The molecule has 2 aliphatic heterocycles. The van der Waals surface area contributed by atoms with Gasteiger partial charge in [0.2, 0.25) is 5.91 Å². The van der Waals surface area contributed by atoms with E-state index in [1.165, 1.54) is 0 Å². The Labute approximate surface area is 75.3 Å². The van der Waals surface area contributed by atoms with Gasteiger partial charge in [0.15, 0.2) is 0 Å². The molecule has 12 heavy (non-hydrogen) atoms. The fraction of sp³-hybridized carbons (Fsp3) is 0.375. The fourth-order valence-corrected chi connectivity index (χ4v) is 2.55. The van der Waals surface area contributed by atoms with E-state index in [9.17, 15) is 4.79 Å². The Kier molecular flexibility index (Phi) is 1.73. The summed E-state index contributed by atoms with van der Waals surface area (Å²) < 4.78 is 0. The van der Waals surface area contributed by atoms with Crippen LogP contribution in [0.1, 0.15) is 0 Å². The number of hydrogen-bond donors (Lipinski definition) is 1. The minimum Gasteiger partial charge on any atom is -0.317 e. The third-order valence-electron chi connectivity index (χ3n) is 2.11. The number of hydrogen-bond acceptors (Lipinski definition) is 3. The number of rotatable bonds is 1. The van der Waals surface area contributed by atoms with Crippen LogP contribution in [0.5, 0.6) is 0 Å². The number of allylic oxidation sites excluding steroid dienone is 1. The summed E-state index contributed by atoms with van der Waals surface area (Å²) in [7, 11) is 0. The van der Waals surface area contributed by atoms with Gasteiger partial charge in [-0.3, -0.25) is 4.79 Å². The van der Waals surface area contributed by atoms with Crippen molar-refractivity contribution in [2.24, 2.45) is 5.73 Å². The van der Waals surface area contributed by atoms with Crippen LogP contribution in [0, 0.1) is 0 Å². The molecule has 0 bridgehead atoms. The largest absolute Gasteiger partial charge is 0.317 e. The van der Waals surface area contributed by atoms with Gasteiger partial charge in [0.1, 0.15) is 11.4 Å². The quantitative estimate of drug-likeness (QED) is 0.593. The molecule has 64 valence electrons. The van der Waals surface area contributed by atoms with Crippen LogP contribution in [0.15, 0.2) is 24.4 Å². The van der Waals surface area contributed by atoms with Crippen LogP contribution in [-0.2, 0) is 4.79 Å². The lowest BCUT2D eigenvalue weighted by Crippen LogP contribution is -2.65. The standard InChI is InChI=1S/C8H10N2OS/c1-2-5-3-10-7(11)6(9)8(10)12-4-5/h2-3,6,8H,1,4,9H2. The van der Waals surface area contributed by atoms with Crippen molar-refractivity contribution < 1.29 is 4.79 Å². The summed E-state index contributed by atoms with van der Waals surface area (Å²) in [5.74, 6) is 0.928. The number of nitrogens with zero attached hydrogens (tertiary/aromatic N) is 1. The highest BCUT2D eigenvalue weighted by molar-refractivity contribution is 8.00. The molecule has 0 spiro atoms. The molecular formula is C8H10N2OS. The molecule has 2 heterocycles. The summed E-state index contributed by atoms with van der Waals surface area (Å²) in [4.78, 5) is 12.9. The number of fused-ring (bicyclic) bond motifs is 1. The van der Waals surface area contributed by atoms with Crippen molar-refractivity contribution in [1.29, 1.82) is 0 Å². The van der Waals surface area contributed by atoms with Crippen molar-refractivity contribution in [3.63, 3.8) is 0 Å². The zero-order valence-electron chi connectivity index (χ0n) is 6.56. The highest BCUT2D eigenvalue weighted by Crippen LogP contribution is 2.34. The Morgan fingerprint density at radius 2 is 2.58 bits per heavy atom. The molecule has 2 rings (SSSR count). The van der Waals surface area contributed by atoms with E-state index < -0.39 is 0 Å². The third-order valence-corrected chi connectivity index (χ3v) is 3.47. The van der Waals surface area contributed by atoms with Gasteiger partial charge in [0.25, 0.3) is 0 Å². The van der Waals surface area contributed by atoms with Gasteiger partial charge in [-0.25, -0.2) is 0 Å². The smallest absolute Gasteiger partial charge is 0.247 e. The molecule has 0 radical (unpaired) electrons. The lowest BCUT2D eigenvalue weighted by atomic mass is 10.1. The van der Waals surface area contributed by atoms with Gasteiger partial charge in [-0.15, -0.1) is 11.8 Å². The summed E-state index contributed by atoms with van der Waals surface area (Å²) in [5, 5.41) is 0.168. The lowest BCUT2D eigenvalue weighted by molar-refractivity contribution is -0.140. The zero-order valence-corrected chi connectivity index (χ0v) is 7.38. The minimum atomic E-state index is -0.294. The van der Waals surface area contributed by atoms with Crippen LogP contribution in [0.25, 0.3) is 0 Å². The number of carbonyl (C=O) groups is 1. The van der Waals surface area contributed by atoms with Gasteiger partial charge in [-0.2, -0.15) is 0 Å². The van der Waals surface area contributed by atoms with Crippen LogP contribution in [0.3, 0.4) is 0 Å². The van der Waals surface area contributed by atoms with Gasteiger partial charge in [-0.05, 0) is 5.57 Å². The second-order valence-corrected chi connectivity index (χ2v) is 3.99. The number of amides is 1. The highest BCUT2D eigenvalue weighted by Gasteiger charge is 2.45. The first-order chi connectivity index (χ1) is 5.74. The van der Waals surface area contributed by atoms with E-state index >= 15 is 0 Å². The zero-order chi connectivity index (χ0) is 8.72. The van der Waals surface area contributed by atoms with Gasteiger partial charge < -0.3 is 10.6 Å². The number of β-lactam (4-membered cyclic amide) rings is 1. The summed E-state index contributed by atoms with van der Waals surface area (Å²) >= 11 is 1.70. The average Bonchev–Trinajstić information content (AvgIpc) is 2.15. The number of carbonyl (C=O) groups excluding carboxylic acids is 1. The van der Waals surface area contributed by atoms with Gasteiger partial charge >= 0.3 is 0 Å². The van der Waals surface area contributed by atoms with Crippen molar-refractivity contribution in [3.8, 4) is 0 Å². The molecule has 2 atom stereocenters. The average molecular weight is 182 g/mol. The molecule has 3 nitrogen and oxygen atoms in total. The predicted octanol–water partition coefficient (Wildman–Crippen LogP) is 0.299. The molecule has 1 fully saturated rings. The minimum absolute atomic E-state index is 0.0200. The van der Waals surface area contributed by atoms with E-state index in [1.54, 1.807) is 22.7 Å². The van der Waals surface area contributed by atoms with Crippen molar-refractivity contribution >= 4 is 17.7 Å². The molecule has 1 saturated heterocycles. The summed E-state index contributed by atoms with van der Waals surface area (Å²) in [6.07, 6.45) is 3.63. The normalized spacial score (nSPS) is 33.6. The van der Waals surface area contributed by atoms with E-state index in [0.29, 0.717) is 0 Å². The maximum Gasteiger partial charge on any atom is 0.247 e. The predicted molar refractivity (Wildman–Crippen MR) is 49.3 cm³/mol. The van der Waals surface area contributed by atoms with Crippen LogP contribution in [0.2, 0.25) is 0 Å². The van der Waals surface area contributed by atoms with Crippen molar-refractivity contribution in [2.45, 2.75) is 11.4 Å². The van der Waals surface area contributed by atoms with Crippen molar-refractivity contribution in [1.82, 2.24) is 4.90 Å². The lowest BCUT2D eigenvalue weighted by Gasteiger charge is -2.45. The van der Waals surface area contributed by atoms with E-state index in [0.717, 1.165) is 11.3 Å². The second kappa shape index (κ2) is 2.64. The number of thioether (sulfide) groups is 1. The van der Waals surface area contributed by atoms with E-state index in [2.05, 4.69) is 6.58 Å². The first-order valence-corrected chi connectivity index (χ1v) is 4.81. The van der Waals surface area contributed by atoms with Gasteiger partial charge in [0, 0.05) is 12.0 Å². The fourth-order valence-electron chi connectivity index (χ4n) is 1.34. The van der Waals surface area contributed by atoms with Crippen LogP contribution < -0.4 is 5.73 Å². The molecule has 0 aromatic heterocycles. The van der Waals surface area contributed by atoms with Crippen LogP contribution >= 0.6 is 11.8 Å². The first-order valence-electron chi connectivity index (χ1n) is 3.76. The summed E-state index contributed by atoms with van der Waals surface area (Å²) in [6.45, 7) is 3.66. The van der Waals surface area contributed by atoms with Crippen molar-refractivity contribution in [3.05, 3.63) is 24.4 Å².